The second-order valence-corrected chi connectivity index (χ2v) is 3.58. The predicted octanol–water partition coefficient (Wildman–Crippen LogP) is 1.76. The summed E-state index contributed by atoms with van der Waals surface area (Å²) >= 11 is 2.43. The fraction of sp³-hybridized carbons (Fsp3) is 1.00. The first kappa shape index (κ1) is 12.4. The molecule has 1 aliphatic rings. The highest BCUT2D eigenvalue weighted by molar-refractivity contribution is 14.1. The molecule has 2 nitrogen and oxygen atoms in total. The number of halogens is 2. The van der Waals surface area contributed by atoms with E-state index in [0.717, 1.165) is 26.3 Å². The molecule has 1 fully saturated rings. The number of nitrogens with zero attached hydrogens (tertiary/aromatic N) is 1. The molecular formula is C7H15I2NO. The van der Waals surface area contributed by atoms with Gasteiger partial charge in [-0.1, -0.05) is 22.6 Å². The molecule has 0 radical (unpaired) electrons. The van der Waals surface area contributed by atoms with Crippen molar-refractivity contribution in [3.8, 4) is 0 Å². The molecule has 1 rings (SSSR count). The highest BCUT2D eigenvalue weighted by atomic mass is 127. The van der Waals surface area contributed by atoms with E-state index in [-0.39, 0.29) is 24.0 Å². The maximum atomic E-state index is 5.24. The Balaban J connectivity index is 0.000001000. The zero-order valence-corrected chi connectivity index (χ0v) is 11.1. The van der Waals surface area contributed by atoms with Crippen LogP contribution in [0.2, 0.25) is 0 Å². The Morgan fingerprint density at radius 1 is 1.27 bits per heavy atom. The van der Waals surface area contributed by atoms with Crippen LogP contribution in [-0.2, 0) is 4.74 Å². The summed E-state index contributed by atoms with van der Waals surface area (Å²) in [4.78, 5) is 2.47. The van der Waals surface area contributed by atoms with Crippen LogP contribution >= 0.6 is 46.6 Å². The summed E-state index contributed by atoms with van der Waals surface area (Å²) in [5.41, 5.74) is 0. The predicted molar refractivity (Wildman–Crippen MR) is 66.2 cm³/mol. The first-order chi connectivity index (χ1) is 4.93. The smallest absolute Gasteiger partial charge is 0.0594 e. The van der Waals surface area contributed by atoms with Crippen LogP contribution in [0.3, 0.4) is 0 Å². The van der Waals surface area contributed by atoms with Gasteiger partial charge in [0.05, 0.1) is 13.2 Å². The van der Waals surface area contributed by atoms with Gasteiger partial charge in [-0.05, 0) is 13.0 Å². The molecule has 0 aliphatic carbocycles. The van der Waals surface area contributed by atoms with Gasteiger partial charge in [0.2, 0.25) is 0 Å². The zero-order chi connectivity index (χ0) is 7.23. The van der Waals surface area contributed by atoms with Crippen LogP contribution in [0.5, 0.6) is 0 Å². The standard InChI is InChI=1S/C7H14INO.HI/c8-2-1-3-9-4-6-10-7-5-9;/h1-7H2;1H. The summed E-state index contributed by atoms with van der Waals surface area (Å²) in [5, 5.41) is 0. The van der Waals surface area contributed by atoms with E-state index in [1.807, 2.05) is 0 Å². The average molecular weight is 383 g/mol. The van der Waals surface area contributed by atoms with Gasteiger partial charge >= 0.3 is 0 Å². The van der Waals surface area contributed by atoms with Gasteiger partial charge in [-0.2, -0.15) is 0 Å². The van der Waals surface area contributed by atoms with Crippen molar-refractivity contribution in [3.63, 3.8) is 0 Å². The highest BCUT2D eigenvalue weighted by Crippen LogP contribution is 1.98. The van der Waals surface area contributed by atoms with Gasteiger partial charge in [0, 0.05) is 17.5 Å². The molecule has 1 saturated heterocycles. The molecule has 0 bridgehead atoms. The second kappa shape index (κ2) is 8.00. The topological polar surface area (TPSA) is 12.5 Å². The minimum Gasteiger partial charge on any atom is -0.379 e. The van der Waals surface area contributed by atoms with Crippen molar-refractivity contribution in [2.45, 2.75) is 6.42 Å². The minimum atomic E-state index is 0. The lowest BCUT2D eigenvalue weighted by Crippen LogP contribution is -2.36. The molecule has 0 aromatic heterocycles. The molecule has 0 aromatic carbocycles. The Labute approximate surface area is 99.2 Å². The van der Waals surface area contributed by atoms with Crippen LogP contribution in [0, 0.1) is 0 Å². The fourth-order valence-electron chi connectivity index (χ4n) is 1.11. The lowest BCUT2D eigenvalue weighted by Gasteiger charge is -2.25. The van der Waals surface area contributed by atoms with Crippen molar-refractivity contribution in [1.29, 1.82) is 0 Å². The van der Waals surface area contributed by atoms with Gasteiger partial charge in [0.1, 0.15) is 0 Å². The van der Waals surface area contributed by atoms with E-state index in [4.69, 9.17) is 4.74 Å². The molecule has 0 spiro atoms. The maximum Gasteiger partial charge on any atom is 0.0594 e. The summed E-state index contributed by atoms with van der Waals surface area (Å²) < 4.78 is 6.51. The van der Waals surface area contributed by atoms with Crippen LogP contribution in [0.15, 0.2) is 0 Å². The largest absolute Gasteiger partial charge is 0.379 e. The Morgan fingerprint density at radius 2 is 1.91 bits per heavy atom. The van der Waals surface area contributed by atoms with Crippen LogP contribution < -0.4 is 0 Å². The zero-order valence-electron chi connectivity index (χ0n) is 6.59. The Hall–Kier alpha value is 1.38. The van der Waals surface area contributed by atoms with Gasteiger partial charge in [0.15, 0.2) is 0 Å². The fourth-order valence-corrected chi connectivity index (χ4v) is 1.45. The first-order valence-corrected chi connectivity index (χ1v) is 5.32. The average Bonchev–Trinajstić information content (AvgIpc) is 2.03. The van der Waals surface area contributed by atoms with Crippen molar-refractivity contribution >= 4 is 46.6 Å². The third kappa shape index (κ3) is 5.59. The maximum absolute atomic E-state index is 5.24. The Bertz CT molecular complexity index is 86.5. The van der Waals surface area contributed by atoms with Crippen molar-refractivity contribution in [1.82, 2.24) is 4.90 Å². The quantitative estimate of drug-likeness (QED) is 0.544. The van der Waals surface area contributed by atoms with E-state index in [9.17, 15) is 0 Å². The molecule has 0 amide bonds. The van der Waals surface area contributed by atoms with E-state index in [1.165, 1.54) is 17.4 Å². The van der Waals surface area contributed by atoms with Crippen molar-refractivity contribution in [3.05, 3.63) is 0 Å². The third-order valence-corrected chi connectivity index (χ3v) is 2.47. The third-order valence-electron chi connectivity index (χ3n) is 1.71. The molecule has 0 saturated carbocycles. The van der Waals surface area contributed by atoms with Crippen molar-refractivity contribution in [2.24, 2.45) is 0 Å². The molecule has 4 heteroatoms. The molecule has 0 atom stereocenters. The Kier molecular flexibility index (Phi) is 9.00. The lowest BCUT2D eigenvalue weighted by molar-refractivity contribution is 0.0382. The molecule has 0 aromatic rings. The number of alkyl halides is 1. The van der Waals surface area contributed by atoms with Crippen molar-refractivity contribution in [2.75, 3.05) is 37.3 Å². The number of rotatable bonds is 3. The molecule has 0 unspecified atom stereocenters. The van der Waals surface area contributed by atoms with E-state index >= 15 is 0 Å². The summed E-state index contributed by atoms with van der Waals surface area (Å²) in [7, 11) is 0. The van der Waals surface area contributed by atoms with E-state index in [0.29, 0.717) is 0 Å². The summed E-state index contributed by atoms with van der Waals surface area (Å²) in [6.07, 6.45) is 1.32. The number of hydrogen-bond acceptors (Lipinski definition) is 2. The molecule has 68 valence electrons. The minimum absolute atomic E-state index is 0. The van der Waals surface area contributed by atoms with E-state index in [2.05, 4.69) is 27.5 Å². The summed E-state index contributed by atoms with van der Waals surface area (Å²) in [6, 6.07) is 0. The molecule has 1 heterocycles. The second-order valence-electron chi connectivity index (χ2n) is 2.50. The highest BCUT2D eigenvalue weighted by Gasteiger charge is 2.08. The first-order valence-electron chi connectivity index (χ1n) is 3.79. The summed E-state index contributed by atoms with van der Waals surface area (Å²) in [5.74, 6) is 0. The molecule has 0 N–H and O–H groups in total. The van der Waals surface area contributed by atoms with Gasteiger partial charge in [-0.25, -0.2) is 0 Å². The molecule has 11 heavy (non-hydrogen) atoms. The van der Waals surface area contributed by atoms with Crippen molar-refractivity contribution < 1.29 is 4.74 Å². The number of hydrogen-bond donors (Lipinski definition) is 0. The van der Waals surface area contributed by atoms with Crippen LogP contribution in [0.25, 0.3) is 0 Å². The van der Waals surface area contributed by atoms with Crippen LogP contribution in [0.4, 0.5) is 0 Å². The lowest BCUT2D eigenvalue weighted by atomic mass is 10.4. The van der Waals surface area contributed by atoms with Gasteiger partial charge in [-0.15, -0.1) is 24.0 Å². The summed E-state index contributed by atoms with van der Waals surface area (Å²) in [6.45, 7) is 5.39. The normalized spacial score (nSPS) is 19.4. The van der Waals surface area contributed by atoms with Gasteiger partial charge < -0.3 is 4.74 Å². The van der Waals surface area contributed by atoms with Crippen LogP contribution in [0.1, 0.15) is 6.42 Å². The van der Waals surface area contributed by atoms with E-state index < -0.39 is 0 Å². The SMILES string of the molecule is I.ICCCN1CCOCC1. The van der Waals surface area contributed by atoms with Gasteiger partial charge in [0.25, 0.3) is 0 Å². The van der Waals surface area contributed by atoms with Crippen LogP contribution in [-0.4, -0.2) is 42.2 Å². The van der Waals surface area contributed by atoms with Gasteiger partial charge in [-0.3, -0.25) is 4.90 Å². The molecular weight excluding hydrogens is 368 g/mol. The van der Waals surface area contributed by atoms with E-state index in [1.54, 1.807) is 0 Å². The number of ether oxygens (including phenoxy) is 1. The monoisotopic (exact) mass is 383 g/mol. The Morgan fingerprint density at radius 3 is 2.45 bits per heavy atom. The molecule has 1 aliphatic heterocycles. The number of morpholine rings is 1.